The second kappa shape index (κ2) is 9.11. The van der Waals surface area contributed by atoms with Gasteiger partial charge in [-0.2, -0.15) is 0 Å². The Morgan fingerprint density at radius 3 is 2.50 bits per heavy atom. The number of esters is 2. The third kappa shape index (κ3) is 4.73. The molecule has 13 heteroatoms. The van der Waals surface area contributed by atoms with Gasteiger partial charge in [0.25, 0.3) is 5.56 Å². The van der Waals surface area contributed by atoms with E-state index in [1.54, 1.807) is 0 Å². The summed E-state index contributed by atoms with van der Waals surface area (Å²) in [4.78, 5) is 49.8. The predicted octanol–water partition coefficient (Wildman–Crippen LogP) is -0.990. The molecule has 0 bridgehead atoms. The molecule has 1 aliphatic rings. The third-order valence-corrected chi connectivity index (χ3v) is 4.73. The fourth-order valence-electron chi connectivity index (χ4n) is 3.09. The van der Waals surface area contributed by atoms with Crippen molar-refractivity contribution in [2.45, 2.75) is 31.8 Å². The Bertz CT molecular complexity index is 1130. The molecular weight excluding hydrogens is 432 g/mol. The van der Waals surface area contributed by atoms with Crippen molar-refractivity contribution >= 4 is 11.9 Å². The van der Waals surface area contributed by atoms with Crippen molar-refractivity contribution < 1.29 is 44.2 Å². The zero-order valence-corrected chi connectivity index (χ0v) is 16.7. The first-order chi connectivity index (χ1) is 15.1. The Kier molecular flexibility index (Phi) is 6.50. The van der Waals surface area contributed by atoms with Gasteiger partial charge in [0.05, 0.1) is 12.2 Å². The maximum Gasteiger partial charge on any atom is 0.344 e. The molecule has 1 fully saturated rings. The monoisotopic (exact) mass is 452 g/mol. The lowest BCUT2D eigenvalue weighted by molar-refractivity contribution is -0.156. The number of aromatic amines is 1. The zero-order valence-electron chi connectivity index (χ0n) is 16.7. The minimum absolute atomic E-state index is 0.0178. The number of carbonyl (C=O) groups excluding carboxylic acids is 2. The van der Waals surface area contributed by atoms with Gasteiger partial charge in [-0.25, -0.2) is 14.4 Å². The summed E-state index contributed by atoms with van der Waals surface area (Å²) < 4.78 is 16.6. The lowest BCUT2D eigenvalue weighted by Crippen LogP contribution is -2.33. The van der Waals surface area contributed by atoms with E-state index in [1.165, 1.54) is 13.1 Å². The number of carbonyl (C=O) groups is 2. The molecule has 0 spiro atoms. The van der Waals surface area contributed by atoms with Crippen LogP contribution in [-0.2, 0) is 19.0 Å². The van der Waals surface area contributed by atoms with Crippen molar-refractivity contribution in [3.8, 4) is 17.2 Å². The number of nitrogens with one attached hydrogen (secondary N) is 1. The van der Waals surface area contributed by atoms with Crippen molar-refractivity contribution in [3.05, 3.63) is 50.3 Å². The molecule has 3 unspecified atom stereocenters. The average Bonchev–Trinajstić information content (AvgIpc) is 3.14. The molecule has 2 heterocycles. The van der Waals surface area contributed by atoms with Crippen molar-refractivity contribution in [2.75, 3.05) is 13.2 Å². The molecule has 1 aliphatic heterocycles. The number of aliphatic hydroxyl groups excluding tert-OH is 1. The van der Waals surface area contributed by atoms with E-state index in [1.807, 2.05) is 0 Å². The van der Waals surface area contributed by atoms with E-state index in [0.717, 1.165) is 16.7 Å². The molecule has 0 amide bonds. The van der Waals surface area contributed by atoms with Gasteiger partial charge in [-0.15, -0.1) is 0 Å². The minimum Gasteiger partial charge on any atom is -0.504 e. The van der Waals surface area contributed by atoms with Crippen molar-refractivity contribution in [1.82, 2.24) is 9.55 Å². The fourth-order valence-corrected chi connectivity index (χ4v) is 3.09. The highest BCUT2D eigenvalue weighted by atomic mass is 16.6. The van der Waals surface area contributed by atoms with Crippen molar-refractivity contribution in [1.29, 1.82) is 0 Å². The highest BCUT2D eigenvalue weighted by molar-refractivity contribution is 5.92. The van der Waals surface area contributed by atoms with Crippen LogP contribution in [0, 0.1) is 6.92 Å². The zero-order chi connectivity index (χ0) is 23.6. The van der Waals surface area contributed by atoms with Crippen LogP contribution in [0.15, 0.2) is 27.9 Å². The first-order valence-electron chi connectivity index (χ1n) is 9.30. The number of nitrogens with zero attached hydrogens (tertiary/aromatic N) is 1. The van der Waals surface area contributed by atoms with Gasteiger partial charge in [-0.05, 0) is 19.1 Å². The molecule has 1 aromatic carbocycles. The Hall–Kier alpha value is -3.84. The number of hydrogen-bond acceptors (Lipinski definition) is 11. The Morgan fingerprint density at radius 2 is 1.88 bits per heavy atom. The highest BCUT2D eigenvalue weighted by Gasteiger charge is 2.39. The summed E-state index contributed by atoms with van der Waals surface area (Å²) >= 11 is 0. The summed E-state index contributed by atoms with van der Waals surface area (Å²) in [5, 5.41) is 37.7. The van der Waals surface area contributed by atoms with E-state index in [9.17, 15) is 39.6 Å². The first-order valence-corrected chi connectivity index (χ1v) is 9.30. The number of benzene rings is 1. The molecule has 5 N–H and O–H groups in total. The molecular formula is C19H20N2O11. The maximum atomic E-state index is 12.1. The minimum atomic E-state index is -1.08. The number of phenols is 3. The lowest BCUT2D eigenvalue weighted by atomic mass is 10.2. The fraction of sp³-hybridized carbons (Fsp3) is 0.368. The van der Waals surface area contributed by atoms with E-state index in [-0.39, 0.29) is 17.5 Å². The van der Waals surface area contributed by atoms with Crippen LogP contribution in [0.4, 0.5) is 0 Å². The molecule has 0 aliphatic carbocycles. The normalized spacial score (nSPS) is 20.1. The number of aliphatic hydroxyl groups is 1. The van der Waals surface area contributed by atoms with Gasteiger partial charge in [-0.1, -0.05) is 0 Å². The standard InChI is InChI=1S/C19H20N2O11/c1-8-5-21(19(29)20-17(8)27)14-4-12(13(6-22)31-14)32-15(25)7-30-18(28)9-2-10(23)16(26)11(24)3-9/h2-3,5,12-14,22-24,26H,4,6-7H2,1H3,(H,20,27,29). The van der Waals surface area contributed by atoms with Crippen molar-refractivity contribution in [2.24, 2.45) is 0 Å². The molecule has 0 radical (unpaired) electrons. The lowest BCUT2D eigenvalue weighted by Gasteiger charge is -2.16. The molecule has 3 rings (SSSR count). The van der Waals surface area contributed by atoms with Crippen LogP contribution in [0.25, 0.3) is 0 Å². The number of ether oxygens (including phenoxy) is 3. The van der Waals surface area contributed by atoms with Crippen LogP contribution >= 0.6 is 0 Å². The number of aromatic nitrogens is 2. The van der Waals surface area contributed by atoms with Gasteiger partial charge < -0.3 is 34.6 Å². The first kappa shape index (κ1) is 22.8. The average molecular weight is 452 g/mol. The van der Waals surface area contributed by atoms with E-state index in [2.05, 4.69) is 4.98 Å². The quantitative estimate of drug-likeness (QED) is 0.266. The van der Waals surface area contributed by atoms with E-state index >= 15 is 0 Å². The largest absolute Gasteiger partial charge is 0.504 e. The molecule has 0 saturated carbocycles. The third-order valence-electron chi connectivity index (χ3n) is 4.73. The Labute approximate surface area is 179 Å². The summed E-state index contributed by atoms with van der Waals surface area (Å²) in [5.41, 5.74) is -1.35. The summed E-state index contributed by atoms with van der Waals surface area (Å²) in [6.07, 6.45) is -1.59. The molecule has 1 aromatic heterocycles. The van der Waals surface area contributed by atoms with E-state index in [4.69, 9.17) is 14.2 Å². The molecule has 1 saturated heterocycles. The number of rotatable bonds is 6. The van der Waals surface area contributed by atoms with E-state index < -0.39 is 72.1 Å². The molecule has 172 valence electrons. The Morgan fingerprint density at radius 1 is 1.22 bits per heavy atom. The van der Waals surface area contributed by atoms with Gasteiger partial charge in [0.1, 0.15) is 18.4 Å². The molecule has 3 atom stereocenters. The number of H-pyrrole nitrogens is 1. The summed E-state index contributed by atoms with van der Waals surface area (Å²) in [6.45, 7) is 0.127. The topological polar surface area (TPSA) is 198 Å². The van der Waals surface area contributed by atoms with Crippen LogP contribution in [0.5, 0.6) is 17.2 Å². The SMILES string of the molecule is Cc1cn(C2CC(OC(=O)COC(=O)c3cc(O)c(O)c(O)c3)C(CO)O2)c(=O)[nH]c1=O. The van der Waals surface area contributed by atoms with Gasteiger partial charge in [0, 0.05) is 18.2 Å². The van der Waals surface area contributed by atoms with Crippen LogP contribution in [-0.4, -0.2) is 67.3 Å². The van der Waals surface area contributed by atoms with Gasteiger partial charge >= 0.3 is 17.6 Å². The molecule has 32 heavy (non-hydrogen) atoms. The molecule has 13 nitrogen and oxygen atoms in total. The second-order valence-corrected chi connectivity index (χ2v) is 6.99. The highest BCUT2D eigenvalue weighted by Crippen LogP contribution is 2.35. The van der Waals surface area contributed by atoms with E-state index in [0.29, 0.717) is 0 Å². The van der Waals surface area contributed by atoms with Crippen LogP contribution in [0.3, 0.4) is 0 Å². The second-order valence-electron chi connectivity index (χ2n) is 6.99. The predicted molar refractivity (Wildman–Crippen MR) is 103 cm³/mol. The van der Waals surface area contributed by atoms with Gasteiger partial charge in [-0.3, -0.25) is 14.3 Å². The van der Waals surface area contributed by atoms with Crippen LogP contribution in [0.2, 0.25) is 0 Å². The number of aromatic hydroxyl groups is 3. The number of aryl methyl sites for hydroxylation is 1. The van der Waals surface area contributed by atoms with Crippen LogP contribution in [0.1, 0.15) is 28.6 Å². The summed E-state index contributed by atoms with van der Waals surface area (Å²) in [7, 11) is 0. The summed E-state index contributed by atoms with van der Waals surface area (Å²) in [5.74, 6) is -4.40. The smallest absolute Gasteiger partial charge is 0.344 e. The number of phenolic OH excluding ortho intramolecular Hbond substituents is 3. The maximum absolute atomic E-state index is 12.1. The summed E-state index contributed by atoms with van der Waals surface area (Å²) in [6, 6.07) is 1.67. The Balaban J connectivity index is 1.62. The van der Waals surface area contributed by atoms with Gasteiger partial charge in [0.15, 0.2) is 23.9 Å². The van der Waals surface area contributed by atoms with Crippen LogP contribution < -0.4 is 11.2 Å². The van der Waals surface area contributed by atoms with Gasteiger partial charge in [0.2, 0.25) is 0 Å². The molecule has 2 aromatic rings. The van der Waals surface area contributed by atoms with Crippen molar-refractivity contribution in [3.63, 3.8) is 0 Å². The number of hydrogen-bond donors (Lipinski definition) is 5.